The van der Waals surface area contributed by atoms with Gasteiger partial charge in [-0.2, -0.15) is 0 Å². The fourth-order valence-corrected chi connectivity index (χ4v) is 8.03. The van der Waals surface area contributed by atoms with Crippen LogP contribution in [0, 0.1) is 21.7 Å². The molecule has 394 valence electrons. The van der Waals surface area contributed by atoms with Crippen LogP contribution in [0.25, 0.3) is 0 Å². The predicted octanol–water partition coefficient (Wildman–Crippen LogP) is 5.58. The minimum Gasteiger partial charge on any atom is -0.463 e. The highest BCUT2D eigenvalue weighted by Gasteiger charge is 2.44. The van der Waals surface area contributed by atoms with Crippen LogP contribution in [0.2, 0.25) is 0 Å². The lowest BCUT2D eigenvalue weighted by Gasteiger charge is -2.32. The Kier molecular flexibility index (Phi) is 37.8. The molecule has 2 aliphatic rings. The fourth-order valence-electron chi connectivity index (χ4n) is 6.08. The van der Waals surface area contributed by atoms with Crippen molar-refractivity contribution in [3.05, 3.63) is 0 Å². The van der Waals surface area contributed by atoms with E-state index in [9.17, 15) is 47.9 Å². The smallest absolute Gasteiger partial charge is 0.338 e. The Hall–Kier alpha value is -4.12. The number of amides is 5. The number of carbonyl (C=O) groups excluding carboxylic acids is 10. The van der Waals surface area contributed by atoms with Gasteiger partial charge in [0.25, 0.3) is 23.6 Å². The molecule has 22 heteroatoms. The first-order valence-electron chi connectivity index (χ1n) is 23.0. The van der Waals surface area contributed by atoms with Crippen LogP contribution < -0.4 is 10.6 Å². The Morgan fingerprint density at radius 3 is 1.46 bits per heavy atom. The molecule has 0 unspecified atom stereocenters. The van der Waals surface area contributed by atoms with E-state index in [0.717, 1.165) is 25.0 Å². The van der Waals surface area contributed by atoms with E-state index in [0.29, 0.717) is 55.1 Å². The topological polar surface area (TPSA) is 257 Å². The van der Waals surface area contributed by atoms with E-state index in [1.807, 2.05) is 48.6 Å². The Morgan fingerprint density at radius 2 is 1.01 bits per heavy atom. The highest BCUT2D eigenvalue weighted by molar-refractivity contribution is 8.76. The Bertz CT molecular complexity index is 1520. The molecule has 5 amide bonds. The molecule has 2 saturated heterocycles. The molecule has 2 heterocycles. The molecule has 0 aromatic carbocycles. The molecule has 0 aromatic rings. The van der Waals surface area contributed by atoms with E-state index >= 15 is 0 Å². The molecule has 0 radical (unpaired) electrons. The molecule has 0 saturated carbocycles. The monoisotopic (exact) mass is 1010 g/mol. The van der Waals surface area contributed by atoms with Crippen molar-refractivity contribution in [3.8, 4) is 0 Å². The Labute approximate surface area is 412 Å². The largest absolute Gasteiger partial charge is 0.463 e. The van der Waals surface area contributed by atoms with Crippen LogP contribution >= 0.6 is 21.6 Å². The van der Waals surface area contributed by atoms with Gasteiger partial charge >= 0.3 is 24.4 Å². The normalized spacial score (nSPS) is 13.6. The number of nitrogens with one attached hydrogen (secondary N) is 2. The second kappa shape index (κ2) is 37.7. The zero-order chi connectivity index (χ0) is 53.0. The Balaban J connectivity index is -0.00000108. The average Bonchev–Trinajstić information content (AvgIpc) is 3.76. The van der Waals surface area contributed by atoms with E-state index in [2.05, 4.69) is 36.2 Å². The zero-order valence-electron chi connectivity index (χ0n) is 43.1. The number of esters is 2. The van der Waals surface area contributed by atoms with Gasteiger partial charge < -0.3 is 44.1 Å². The molecule has 0 aliphatic carbocycles. The van der Waals surface area contributed by atoms with Crippen LogP contribution in [0.1, 0.15) is 141 Å². The molecule has 2 rings (SSSR count). The van der Waals surface area contributed by atoms with Crippen LogP contribution in [0.3, 0.4) is 0 Å². The van der Waals surface area contributed by atoms with Gasteiger partial charge in [-0.1, -0.05) is 70.1 Å². The van der Waals surface area contributed by atoms with Crippen LogP contribution in [0.15, 0.2) is 0 Å². The summed E-state index contributed by atoms with van der Waals surface area (Å²) in [6.07, 6.45) is 2.88. The maximum Gasteiger partial charge on any atom is 0.338 e. The van der Waals surface area contributed by atoms with Gasteiger partial charge in [0, 0.05) is 63.1 Å². The van der Waals surface area contributed by atoms with E-state index in [1.165, 1.54) is 0 Å². The number of imide groups is 2. The number of aldehydes is 1. The molecule has 0 bridgehead atoms. The van der Waals surface area contributed by atoms with E-state index in [1.54, 1.807) is 49.3 Å². The number of carbonyl (C=O) groups is 10. The average molecular weight is 1010 g/mol. The first-order valence-corrected chi connectivity index (χ1v) is 25.5. The molecular formula is C46H82N4O16S2. The number of ether oxygens (including phenoxy) is 4. The third-order valence-corrected chi connectivity index (χ3v) is 11.1. The predicted molar refractivity (Wildman–Crippen MR) is 259 cm³/mol. The summed E-state index contributed by atoms with van der Waals surface area (Å²) in [6.45, 7) is 27.7. The number of hydrogen-bond acceptors (Lipinski definition) is 19. The number of nitrogens with zero attached hydrogens (tertiary/aromatic N) is 2. The van der Waals surface area contributed by atoms with Crippen molar-refractivity contribution in [2.24, 2.45) is 21.7 Å². The van der Waals surface area contributed by atoms with Gasteiger partial charge in [-0.15, -0.1) is 10.1 Å². The van der Waals surface area contributed by atoms with Crippen molar-refractivity contribution >= 4 is 81.8 Å². The zero-order valence-corrected chi connectivity index (χ0v) is 44.8. The van der Waals surface area contributed by atoms with Gasteiger partial charge in [-0.3, -0.25) is 38.4 Å². The van der Waals surface area contributed by atoms with Gasteiger partial charge in [-0.05, 0) is 66.8 Å². The third kappa shape index (κ3) is 31.8. The third-order valence-electron chi connectivity index (χ3n) is 8.65. The summed E-state index contributed by atoms with van der Waals surface area (Å²) >= 11 is 0. The lowest BCUT2D eigenvalue weighted by Crippen LogP contribution is -2.41. The molecule has 2 fully saturated rings. The lowest BCUT2D eigenvalue weighted by atomic mass is 9.75. The molecule has 0 atom stereocenters. The molecule has 2 N–H and O–H groups in total. The number of likely N-dealkylation sites (N-methyl/N-ethyl adjacent to an activating group) is 1. The van der Waals surface area contributed by atoms with Gasteiger partial charge in [0.1, 0.15) is 19.5 Å². The van der Waals surface area contributed by atoms with E-state index in [-0.39, 0.29) is 75.7 Å². The summed E-state index contributed by atoms with van der Waals surface area (Å²) in [6, 6.07) is 0. The van der Waals surface area contributed by atoms with Crippen LogP contribution in [0.5, 0.6) is 0 Å². The summed E-state index contributed by atoms with van der Waals surface area (Å²) < 4.78 is 21.2. The van der Waals surface area contributed by atoms with Crippen molar-refractivity contribution in [1.29, 1.82) is 0 Å². The summed E-state index contributed by atoms with van der Waals surface area (Å²) in [4.78, 5) is 122. The van der Waals surface area contributed by atoms with Gasteiger partial charge in [0.05, 0.1) is 42.7 Å². The second-order valence-electron chi connectivity index (χ2n) is 17.6. The van der Waals surface area contributed by atoms with Gasteiger partial charge in [-0.25, -0.2) is 4.79 Å². The van der Waals surface area contributed by atoms with E-state index in [4.69, 9.17) is 23.8 Å². The number of hydrogen-bond donors (Lipinski definition) is 2. The highest BCUT2D eigenvalue weighted by Crippen LogP contribution is 2.37. The molecular weight excluding hydrogens is 929 g/mol. The van der Waals surface area contributed by atoms with Crippen molar-refractivity contribution < 1.29 is 76.6 Å². The summed E-state index contributed by atoms with van der Waals surface area (Å²) in [5.41, 5.74) is -2.53. The fraction of sp³-hybridized carbons (Fsp3) is 0.783. The first kappa shape index (κ1) is 68.1. The minimum absolute atomic E-state index is 0.00144. The van der Waals surface area contributed by atoms with E-state index < -0.39 is 51.8 Å². The second-order valence-corrected chi connectivity index (χ2v) is 20.3. The molecule has 20 nitrogen and oxygen atoms in total. The maximum absolute atomic E-state index is 12.5. The van der Waals surface area contributed by atoms with Gasteiger partial charge in [0.15, 0.2) is 0 Å². The first-order chi connectivity index (χ1) is 31.8. The van der Waals surface area contributed by atoms with Crippen LogP contribution in [-0.4, -0.2) is 142 Å². The quantitative estimate of drug-likeness (QED) is 0.0319. The van der Waals surface area contributed by atoms with Crippen molar-refractivity contribution in [3.63, 3.8) is 0 Å². The Morgan fingerprint density at radius 1 is 0.588 bits per heavy atom. The lowest BCUT2D eigenvalue weighted by molar-refractivity contribution is -0.205. The molecule has 0 aromatic heterocycles. The minimum atomic E-state index is -1.16. The summed E-state index contributed by atoms with van der Waals surface area (Å²) in [5.74, 6) is -2.21. The number of rotatable bonds is 28. The summed E-state index contributed by atoms with van der Waals surface area (Å²) in [5, 5.41) is 6.69. The standard InChI is InChI=1S/C23H36N2O9S2.C14H29NO3.C5H5NO4.2C2H6/c1-22(2,16-23(3,4)21(31)34-25-18(28)6-7-19(25)29)20(30)33-13-12-32-11-9-24-17(27)8-15-36-35-14-5-10-26;1-13(2,3)11-14(4,5)12(16)18-10-9-17-8-7-15-6;7-3-10-6-4(8)1-2-5(6)9;2*1-2/h10H,5-9,11-16H2,1-4H3,(H,24,27);15H,7-11H2,1-6H3;3H,1-2H2;2*1-2H3. The highest BCUT2D eigenvalue weighted by atomic mass is 33.1. The number of hydroxylamine groups is 4. The van der Waals surface area contributed by atoms with Gasteiger partial charge in [0.2, 0.25) is 5.91 Å². The van der Waals surface area contributed by atoms with Crippen molar-refractivity contribution in [2.45, 2.75) is 141 Å². The van der Waals surface area contributed by atoms with Crippen LogP contribution in [0.4, 0.5) is 0 Å². The van der Waals surface area contributed by atoms with Crippen molar-refractivity contribution in [2.75, 3.05) is 71.3 Å². The molecule has 0 spiro atoms. The summed E-state index contributed by atoms with van der Waals surface area (Å²) in [7, 11) is 4.99. The molecule has 2 aliphatic heterocycles. The SMILES string of the molecule is CC.CC.CC(C)(CC(C)(C)C(=O)ON1C(=O)CCC1=O)C(=O)OCCOCCNC(=O)CCSSCCC=O.CNCCOCCOC(=O)C(C)(C)CC(C)(C)C.O=CON1C(=O)CCC1=O. The molecule has 68 heavy (non-hydrogen) atoms. The van der Waals surface area contributed by atoms with Crippen molar-refractivity contribution in [1.82, 2.24) is 20.8 Å². The van der Waals surface area contributed by atoms with Crippen LogP contribution in [-0.2, 0) is 76.6 Å². The maximum atomic E-state index is 12.5.